The summed E-state index contributed by atoms with van der Waals surface area (Å²) in [5, 5.41) is 22.2. The number of carboxylic acids is 1. The van der Waals surface area contributed by atoms with E-state index < -0.39 is 5.97 Å². The molecular weight excluding hydrogens is 396 g/mol. The minimum Gasteiger partial charge on any atom is -0.508 e. The summed E-state index contributed by atoms with van der Waals surface area (Å²) >= 11 is 5.90. The highest BCUT2D eigenvalue weighted by molar-refractivity contribution is 6.30. The van der Waals surface area contributed by atoms with Crippen LogP contribution in [0.3, 0.4) is 0 Å². The van der Waals surface area contributed by atoms with E-state index in [9.17, 15) is 19.5 Å². The van der Waals surface area contributed by atoms with Crippen LogP contribution in [0.25, 0.3) is 10.9 Å². The van der Waals surface area contributed by atoms with Gasteiger partial charge in [0.05, 0.1) is 18.4 Å². The molecule has 3 rings (SSSR count). The second-order valence-corrected chi connectivity index (χ2v) is 7.02. The number of benzene rings is 2. The van der Waals surface area contributed by atoms with Gasteiger partial charge in [0.25, 0.3) is 5.91 Å². The minimum absolute atomic E-state index is 0.0147. The molecule has 150 valence electrons. The van der Waals surface area contributed by atoms with Crippen molar-refractivity contribution < 1.29 is 24.6 Å². The number of nitrogens with one attached hydrogen (secondary N) is 1. The van der Waals surface area contributed by atoms with Gasteiger partial charge in [-0.25, -0.2) is 0 Å². The Morgan fingerprint density at radius 3 is 2.45 bits per heavy atom. The Labute approximate surface area is 171 Å². The van der Waals surface area contributed by atoms with Gasteiger partial charge in [-0.15, -0.1) is 0 Å². The highest BCUT2D eigenvalue weighted by atomic mass is 35.5. The third-order valence-electron chi connectivity index (χ3n) is 4.61. The molecule has 0 saturated heterocycles. The molecule has 1 heterocycles. The second-order valence-electron chi connectivity index (χ2n) is 6.58. The fourth-order valence-electron chi connectivity index (χ4n) is 3.21. The molecule has 1 amide bonds. The summed E-state index contributed by atoms with van der Waals surface area (Å²) in [6.07, 6.45) is -0.228. The van der Waals surface area contributed by atoms with Gasteiger partial charge in [0.2, 0.25) is 5.91 Å². The molecule has 0 radical (unpaired) electrons. The quantitative estimate of drug-likeness (QED) is 0.574. The third kappa shape index (κ3) is 4.41. The number of nitrogens with zero attached hydrogens (tertiary/aromatic N) is 1. The van der Waals surface area contributed by atoms with Crippen LogP contribution < -0.4 is 5.32 Å². The maximum Gasteiger partial charge on any atom is 0.305 e. The first-order chi connectivity index (χ1) is 13.8. The lowest BCUT2D eigenvalue weighted by atomic mass is 10.1. The number of fused-ring (bicyclic) bond motifs is 1. The van der Waals surface area contributed by atoms with E-state index >= 15 is 0 Å². The molecule has 8 heteroatoms. The van der Waals surface area contributed by atoms with Crippen LogP contribution in [0.2, 0.25) is 5.02 Å². The van der Waals surface area contributed by atoms with Gasteiger partial charge >= 0.3 is 5.97 Å². The van der Waals surface area contributed by atoms with Gasteiger partial charge in [-0.2, -0.15) is 0 Å². The van der Waals surface area contributed by atoms with E-state index in [4.69, 9.17) is 16.7 Å². The molecule has 0 aliphatic rings. The van der Waals surface area contributed by atoms with E-state index in [2.05, 4.69) is 5.32 Å². The molecule has 29 heavy (non-hydrogen) atoms. The molecule has 0 bridgehead atoms. The van der Waals surface area contributed by atoms with Crippen molar-refractivity contribution in [3.8, 4) is 5.75 Å². The Morgan fingerprint density at radius 2 is 1.79 bits per heavy atom. The van der Waals surface area contributed by atoms with Gasteiger partial charge in [-0.3, -0.25) is 19.0 Å². The summed E-state index contributed by atoms with van der Waals surface area (Å²) in [5.41, 5.74) is 2.15. The summed E-state index contributed by atoms with van der Waals surface area (Å²) < 4.78 is 1.50. The summed E-state index contributed by atoms with van der Waals surface area (Å²) in [6.45, 7) is 1.74. The lowest BCUT2D eigenvalue weighted by molar-refractivity contribution is -0.136. The monoisotopic (exact) mass is 414 g/mol. The van der Waals surface area contributed by atoms with Crippen molar-refractivity contribution >= 4 is 40.3 Å². The molecule has 2 aromatic carbocycles. The molecule has 0 saturated carbocycles. The molecule has 0 aliphatic carbocycles. The maximum absolute atomic E-state index is 13.1. The number of halogens is 1. The van der Waals surface area contributed by atoms with Gasteiger partial charge in [-0.05, 0) is 55.0 Å². The van der Waals surface area contributed by atoms with Crippen LogP contribution in [0.4, 0.5) is 0 Å². The molecule has 7 nitrogen and oxygen atoms in total. The summed E-state index contributed by atoms with van der Waals surface area (Å²) in [6, 6.07) is 11.1. The van der Waals surface area contributed by atoms with E-state index in [0.29, 0.717) is 32.7 Å². The van der Waals surface area contributed by atoms with Gasteiger partial charge in [0.1, 0.15) is 5.75 Å². The lowest BCUT2D eigenvalue weighted by Gasteiger charge is -2.08. The van der Waals surface area contributed by atoms with E-state index in [0.717, 1.165) is 0 Å². The van der Waals surface area contributed by atoms with E-state index in [1.54, 1.807) is 37.3 Å². The topological polar surface area (TPSA) is 109 Å². The summed E-state index contributed by atoms with van der Waals surface area (Å²) in [7, 11) is 0. The van der Waals surface area contributed by atoms with Gasteiger partial charge in [-0.1, -0.05) is 11.6 Å². The van der Waals surface area contributed by atoms with Crippen LogP contribution in [0.5, 0.6) is 5.75 Å². The number of aromatic hydroxyl groups is 1. The number of rotatable bonds is 6. The first-order valence-corrected chi connectivity index (χ1v) is 9.27. The van der Waals surface area contributed by atoms with Crippen LogP contribution in [0.1, 0.15) is 28.0 Å². The highest BCUT2D eigenvalue weighted by Gasteiger charge is 2.21. The highest BCUT2D eigenvalue weighted by Crippen LogP contribution is 2.30. The molecule has 0 spiro atoms. The second kappa shape index (κ2) is 8.36. The van der Waals surface area contributed by atoms with Crippen LogP contribution in [0.15, 0.2) is 42.5 Å². The van der Waals surface area contributed by atoms with Crippen molar-refractivity contribution in [1.82, 2.24) is 9.88 Å². The number of phenols is 1. The van der Waals surface area contributed by atoms with E-state index in [1.807, 2.05) is 0 Å². The molecule has 3 N–H and O–H groups in total. The van der Waals surface area contributed by atoms with Crippen LogP contribution in [0, 0.1) is 6.92 Å². The first-order valence-electron chi connectivity index (χ1n) is 8.89. The van der Waals surface area contributed by atoms with Gasteiger partial charge < -0.3 is 15.5 Å². The minimum atomic E-state index is -1.00. The number of carbonyl (C=O) groups is 3. The number of carboxylic acid groups (broad SMARTS) is 1. The van der Waals surface area contributed by atoms with Crippen LogP contribution in [-0.4, -0.2) is 39.1 Å². The number of hydrogen-bond donors (Lipinski definition) is 3. The number of aliphatic carboxylic acids is 1. The Hall–Kier alpha value is -3.32. The smallest absolute Gasteiger partial charge is 0.305 e. The molecule has 3 aromatic rings. The maximum atomic E-state index is 13.1. The third-order valence-corrected chi connectivity index (χ3v) is 4.86. The van der Waals surface area contributed by atoms with Crippen molar-refractivity contribution in [2.24, 2.45) is 0 Å². The van der Waals surface area contributed by atoms with Crippen LogP contribution >= 0.6 is 11.6 Å². The molecule has 1 aromatic heterocycles. The Bertz CT molecular complexity index is 1100. The Morgan fingerprint density at radius 1 is 1.10 bits per heavy atom. The molecule has 0 aliphatic heterocycles. The number of aromatic nitrogens is 1. The number of carbonyl (C=O) groups excluding carboxylic acids is 2. The summed E-state index contributed by atoms with van der Waals surface area (Å²) in [4.78, 5) is 36.0. The van der Waals surface area contributed by atoms with Gasteiger partial charge in [0, 0.05) is 28.2 Å². The van der Waals surface area contributed by atoms with Crippen molar-refractivity contribution in [2.75, 3.05) is 6.54 Å². The molecular formula is C21H19ClN2O5. The van der Waals surface area contributed by atoms with Gasteiger partial charge in [0.15, 0.2) is 0 Å². The zero-order chi connectivity index (χ0) is 21.1. The molecule has 0 unspecified atom stereocenters. The first kappa shape index (κ1) is 20.4. The predicted molar refractivity (Wildman–Crippen MR) is 108 cm³/mol. The van der Waals surface area contributed by atoms with E-state index in [-0.39, 0.29) is 37.0 Å². The SMILES string of the molecule is Cc1c(CC(=O)NCCC(=O)O)c2cc(O)ccc2n1C(=O)c1ccc(Cl)cc1. The van der Waals surface area contributed by atoms with Crippen LogP contribution in [-0.2, 0) is 16.0 Å². The zero-order valence-corrected chi connectivity index (χ0v) is 16.4. The fraction of sp³-hybridized carbons (Fsp3) is 0.190. The average molecular weight is 415 g/mol. The Kier molecular flexibility index (Phi) is 5.89. The number of hydrogen-bond acceptors (Lipinski definition) is 4. The zero-order valence-electron chi connectivity index (χ0n) is 15.6. The summed E-state index contributed by atoms with van der Waals surface area (Å²) in [5.74, 6) is -1.64. The number of phenolic OH excluding ortho intramolecular Hbond substituents is 1. The molecule has 0 fully saturated rings. The standard InChI is InChI=1S/C21H19ClN2O5/c1-12-16(11-19(26)23-9-8-20(27)28)17-10-15(25)6-7-18(17)24(12)21(29)13-2-4-14(22)5-3-13/h2-7,10,25H,8-9,11H2,1H3,(H,23,26)(H,27,28). The van der Waals surface area contributed by atoms with Crippen molar-refractivity contribution in [3.63, 3.8) is 0 Å². The largest absolute Gasteiger partial charge is 0.508 e. The fourth-order valence-corrected chi connectivity index (χ4v) is 3.34. The predicted octanol–water partition coefficient (Wildman–Crippen LogP) is 3.13. The average Bonchev–Trinajstić information content (AvgIpc) is 2.93. The lowest BCUT2D eigenvalue weighted by Crippen LogP contribution is -2.27. The van der Waals surface area contributed by atoms with Crippen molar-refractivity contribution in [1.29, 1.82) is 0 Å². The van der Waals surface area contributed by atoms with Crippen molar-refractivity contribution in [2.45, 2.75) is 19.8 Å². The van der Waals surface area contributed by atoms with E-state index in [1.165, 1.54) is 16.7 Å². The Balaban J connectivity index is 2.00. The normalized spacial score (nSPS) is 10.8. The van der Waals surface area contributed by atoms with Crippen molar-refractivity contribution in [3.05, 3.63) is 64.3 Å². The molecule has 0 atom stereocenters. The number of amides is 1.